The van der Waals surface area contributed by atoms with Gasteiger partial charge in [-0.25, -0.2) is 4.68 Å². The number of ether oxygens (including phenoxy) is 1. The second-order valence-electron chi connectivity index (χ2n) is 6.32. The number of Topliss-reactive ketones (excluding diaryl/α,β-unsaturated/α-hetero) is 1. The fraction of sp³-hybridized carbons (Fsp3) is 0.467. The van der Waals surface area contributed by atoms with Crippen LogP contribution in [0.25, 0.3) is 10.9 Å². The van der Waals surface area contributed by atoms with Gasteiger partial charge in [-0.2, -0.15) is 5.10 Å². The predicted molar refractivity (Wildman–Crippen MR) is 83.8 cm³/mol. The smallest absolute Gasteiger partial charge is 0.159 e. The molecule has 0 aliphatic heterocycles. The average Bonchev–Trinajstić information content (AvgIpc) is 2.76. The Kier molecular flexibility index (Phi) is 4.40. The Labute approximate surface area is 120 Å². The van der Waals surface area contributed by atoms with E-state index >= 15 is 0 Å². The van der Waals surface area contributed by atoms with Crippen molar-refractivity contribution in [3.05, 3.63) is 30.0 Å². The quantitative estimate of drug-likeness (QED) is 0.464. The lowest BCUT2D eigenvalue weighted by atomic mass is 10.1. The summed E-state index contributed by atoms with van der Waals surface area (Å²) in [7, 11) is -1.06. The van der Waals surface area contributed by atoms with Crippen LogP contribution < -0.4 is 0 Å². The van der Waals surface area contributed by atoms with Crippen LogP contribution in [-0.4, -0.2) is 30.2 Å². The summed E-state index contributed by atoms with van der Waals surface area (Å²) in [5, 5.41) is 5.35. The second kappa shape index (κ2) is 5.89. The molecule has 0 saturated carbocycles. The van der Waals surface area contributed by atoms with E-state index in [0.29, 0.717) is 12.3 Å². The minimum atomic E-state index is -1.06. The Morgan fingerprint density at radius 3 is 2.75 bits per heavy atom. The van der Waals surface area contributed by atoms with E-state index in [1.54, 1.807) is 13.1 Å². The van der Waals surface area contributed by atoms with Crippen LogP contribution >= 0.6 is 0 Å². The second-order valence-corrected chi connectivity index (χ2v) is 11.9. The number of carbonyl (C=O) groups excluding carboxylic acids is 1. The molecule has 1 heterocycles. The predicted octanol–water partition coefficient (Wildman–Crippen LogP) is 3.55. The SMILES string of the molecule is CC(=O)c1ccc2cnn(COCC[Si](C)(C)C)c2c1. The van der Waals surface area contributed by atoms with Crippen LogP contribution in [0.3, 0.4) is 0 Å². The lowest BCUT2D eigenvalue weighted by Crippen LogP contribution is -2.22. The fourth-order valence-corrected chi connectivity index (χ4v) is 2.68. The standard InChI is InChI=1S/C15H22N2O2Si/c1-12(18)13-5-6-14-10-16-17(15(14)9-13)11-19-7-8-20(2,3)4/h5-6,9-10H,7-8,11H2,1-4H3. The van der Waals surface area contributed by atoms with Crippen molar-refractivity contribution in [1.29, 1.82) is 0 Å². The molecule has 0 aliphatic carbocycles. The molecule has 0 radical (unpaired) electrons. The van der Waals surface area contributed by atoms with Crippen molar-refractivity contribution in [2.45, 2.75) is 39.3 Å². The molecule has 0 N–H and O–H groups in total. The van der Waals surface area contributed by atoms with Crippen molar-refractivity contribution in [3.63, 3.8) is 0 Å². The third-order valence-corrected chi connectivity index (χ3v) is 4.97. The number of rotatable bonds is 6. The van der Waals surface area contributed by atoms with Crippen LogP contribution in [0, 0.1) is 0 Å². The molecule has 0 aliphatic rings. The first kappa shape index (κ1) is 14.9. The molecule has 0 spiro atoms. The minimum absolute atomic E-state index is 0.0688. The highest BCUT2D eigenvalue weighted by Gasteiger charge is 2.12. The highest BCUT2D eigenvalue weighted by atomic mass is 28.3. The third kappa shape index (κ3) is 3.77. The number of aromatic nitrogens is 2. The zero-order chi connectivity index (χ0) is 14.8. The average molecular weight is 290 g/mol. The van der Waals surface area contributed by atoms with Crippen molar-refractivity contribution in [2.75, 3.05) is 6.61 Å². The third-order valence-electron chi connectivity index (χ3n) is 3.26. The summed E-state index contributed by atoms with van der Waals surface area (Å²) in [6.07, 6.45) is 1.81. The number of carbonyl (C=O) groups is 1. The largest absolute Gasteiger partial charge is 0.360 e. The van der Waals surface area contributed by atoms with E-state index in [9.17, 15) is 4.79 Å². The van der Waals surface area contributed by atoms with Crippen LogP contribution in [-0.2, 0) is 11.5 Å². The van der Waals surface area contributed by atoms with Crippen LogP contribution in [0.5, 0.6) is 0 Å². The number of fused-ring (bicyclic) bond motifs is 1. The van der Waals surface area contributed by atoms with E-state index < -0.39 is 8.07 Å². The zero-order valence-corrected chi connectivity index (χ0v) is 13.6. The molecule has 2 aromatic rings. The first-order valence-corrected chi connectivity index (χ1v) is 10.6. The van der Waals surface area contributed by atoms with Gasteiger partial charge < -0.3 is 4.74 Å². The first-order valence-electron chi connectivity index (χ1n) is 6.91. The molecule has 5 heteroatoms. The number of benzene rings is 1. The maximum atomic E-state index is 11.4. The molecular weight excluding hydrogens is 268 g/mol. The molecule has 0 amide bonds. The Morgan fingerprint density at radius 2 is 2.10 bits per heavy atom. The first-order chi connectivity index (χ1) is 9.37. The summed E-state index contributed by atoms with van der Waals surface area (Å²) in [5.41, 5.74) is 1.66. The van der Waals surface area contributed by atoms with E-state index in [-0.39, 0.29) is 5.78 Å². The molecule has 0 bridgehead atoms. The lowest BCUT2D eigenvalue weighted by Gasteiger charge is -2.15. The Bertz CT molecular complexity index is 614. The van der Waals surface area contributed by atoms with Crippen molar-refractivity contribution < 1.29 is 9.53 Å². The number of nitrogens with zero attached hydrogens (tertiary/aromatic N) is 2. The highest BCUT2D eigenvalue weighted by molar-refractivity contribution is 6.76. The topological polar surface area (TPSA) is 44.1 Å². The lowest BCUT2D eigenvalue weighted by molar-refractivity contribution is 0.0816. The van der Waals surface area contributed by atoms with Gasteiger partial charge in [-0.15, -0.1) is 0 Å². The molecule has 0 unspecified atom stereocenters. The van der Waals surface area contributed by atoms with Crippen molar-refractivity contribution in [1.82, 2.24) is 9.78 Å². The van der Waals surface area contributed by atoms with Gasteiger partial charge in [0.2, 0.25) is 0 Å². The van der Waals surface area contributed by atoms with Gasteiger partial charge in [0.25, 0.3) is 0 Å². The fourth-order valence-electron chi connectivity index (χ4n) is 1.92. The number of hydrogen-bond donors (Lipinski definition) is 0. The molecule has 0 fully saturated rings. The molecule has 108 valence electrons. The van der Waals surface area contributed by atoms with E-state index in [1.165, 1.54) is 0 Å². The Morgan fingerprint density at radius 1 is 1.35 bits per heavy atom. The molecule has 0 atom stereocenters. The van der Waals surface area contributed by atoms with Crippen LogP contribution in [0.2, 0.25) is 25.7 Å². The summed E-state index contributed by atoms with van der Waals surface area (Å²) in [6.45, 7) is 9.78. The molecular formula is C15H22N2O2Si. The summed E-state index contributed by atoms with van der Waals surface area (Å²) in [6, 6.07) is 6.79. The maximum absolute atomic E-state index is 11.4. The van der Waals surface area contributed by atoms with Gasteiger partial charge in [-0.1, -0.05) is 31.8 Å². The van der Waals surface area contributed by atoms with E-state index in [1.807, 2.05) is 22.9 Å². The number of ketones is 1. The van der Waals surface area contributed by atoms with Gasteiger partial charge in [-0.05, 0) is 19.0 Å². The van der Waals surface area contributed by atoms with E-state index in [4.69, 9.17) is 4.74 Å². The van der Waals surface area contributed by atoms with Gasteiger partial charge >= 0.3 is 0 Å². The van der Waals surface area contributed by atoms with Gasteiger partial charge in [-0.3, -0.25) is 4.79 Å². The monoisotopic (exact) mass is 290 g/mol. The summed E-state index contributed by atoms with van der Waals surface area (Å²) in [5.74, 6) is 0.0688. The Hall–Kier alpha value is -1.46. The summed E-state index contributed by atoms with van der Waals surface area (Å²) in [4.78, 5) is 11.4. The molecule has 0 saturated heterocycles. The molecule has 1 aromatic carbocycles. The summed E-state index contributed by atoms with van der Waals surface area (Å²) < 4.78 is 7.52. The highest BCUT2D eigenvalue weighted by Crippen LogP contribution is 2.16. The molecule has 1 aromatic heterocycles. The van der Waals surface area contributed by atoms with Gasteiger partial charge in [0, 0.05) is 25.6 Å². The normalized spacial score (nSPS) is 12.0. The molecule has 20 heavy (non-hydrogen) atoms. The van der Waals surface area contributed by atoms with Gasteiger partial charge in [0.1, 0.15) is 6.73 Å². The molecule has 2 rings (SSSR count). The van der Waals surface area contributed by atoms with Crippen molar-refractivity contribution in [2.24, 2.45) is 0 Å². The van der Waals surface area contributed by atoms with Crippen LogP contribution in [0.15, 0.2) is 24.4 Å². The maximum Gasteiger partial charge on any atom is 0.159 e. The van der Waals surface area contributed by atoms with Gasteiger partial charge in [0.05, 0.1) is 11.7 Å². The van der Waals surface area contributed by atoms with Gasteiger partial charge in [0.15, 0.2) is 5.78 Å². The van der Waals surface area contributed by atoms with Crippen molar-refractivity contribution in [3.8, 4) is 0 Å². The summed E-state index contributed by atoms with van der Waals surface area (Å²) >= 11 is 0. The van der Waals surface area contributed by atoms with E-state index in [2.05, 4.69) is 24.7 Å². The van der Waals surface area contributed by atoms with E-state index in [0.717, 1.165) is 23.6 Å². The molecule has 4 nitrogen and oxygen atoms in total. The van der Waals surface area contributed by atoms with Crippen molar-refractivity contribution >= 4 is 24.8 Å². The zero-order valence-electron chi connectivity index (χ0n) is 12.6. The van der Waals surface area contributed by atoms with Crippen LogP contribution in [0.4, 0.5) is 0 Å². The number of hydrogen-bond acceptors (Lipinski definition) is 3. The van der Waals surface area contributed by atoms with Crippen LogP contribution in [0.1, 0.15) is 17.3 Å². The minimum Gasteiger partial charge on any atom is -0.360 e. The Balaban J connectivity index is 2.06.